The van der Waals surface area contributed by atoms with Crippen molar-refractivity contribution in [2.24, 2.45) is 5.92 Å². The van der Waals surface area contributed by atoms with Crippen LogP contribution >= 0.6 is 0 Å². The highest BCUT2D eigenvalue weighted by Crippen LogP contribution is 2.40. The number of benzene rings is 2. The molecule has 0 spiro atoms. The summed E-state index contributed by atoms with van der Waals surface area (Å²) >= 11 is 0. The van der Waals surface area contributed by atoms with E-state index in [0.29, 0.717) is 36.0 Å². The van der Waals surface area contributed by atoms with Crippen LogP contribution in [0, 0.1) is 5.92 Å². The molecule has 6 heterocycles. The van der Waals surface area contributed by atoms with Crippen molar-refractivity contribution in [3.05, 3.63) is 59.3 Å². The summed E-state index contributed by atoms with van der Waals surface area (Å²) in [5, 5.41) is 5.38. The Balaban J connectivity index is 0.739. The topological polar surface area (TPSA) is 181 Å². The second kappa shape index (κ2) is 18.0. The number of imide groups is 2. The SMILES string of the molecule is COc1cc(C(=O)N2CCC(CCCN3CCN(c4ccc5c(c4)C(=O)N(C4CCC(=O)NC4=O)C5=O)CC3)CC2)ccc1Nc1ncc2c(n1)N(C1CCCC1)CC(F)(F)C(=O)N2C. The second-order valence-corrected chi connectivity index (χ2v) is 18.0. The minimum Gasteiger partial charge on any atom is -0.495 e. The Kier molecular flexibility index (Phi) is 12.2. The van der Waals surface area contributed by atoms with Gasteiger partial charge in [0.25, 0.3) is 23.6 Å². The number of likely N-dealkylation sites (tertiary alicyclic amines) is 1. The first-order valence-corrected chi connectivity index (χ1v) is 22.7. The molecule has 344 valence electrons. The molecule has 65 heavy (non-hydrogen) atoms. The molecule has 0 bridgehead atoms. The standard InChI is InChI=1S/C46H54F2N10O7/c1-53-36-26-49-45(52-39(36)57(30-7-3-4-8-30)27-46(47,48)44(53)64)50-34-12-9-29(24-37(34)65-2)41(61)56-18-15-28(16-19-56)6-5-17-54-20-22-55(23-21-54)31-10-11-32-33(25-31)43(63)58(42(32)62)35-13-14-38(59)51-40(35)60/h9-12,24-26,28,30,35H,3-8,13-23,27H2,1-2H3,(H,49,50,52)(H,51,59,60). The van der Waals surface area contributed by atoms with Crippen molar-refractivity contribution in [1.82, 2.24) is 30.0 Å². The van der Waals surface area contributed by atoms with Crippen molar-refractivity contribution in [2.75, 3.05) is 86.5 Å². The maximum atomic E-state index is 15.1. The molecule has 3 aromatic rings. The molecule has 2 aromatic carbocycles. The van der Waals surface area contributed by atoms with Crippen LogP contribution in [-0.4, -0.2) is 145 Å². The molecule has 3 saturated heterocycles. The summed E-state index contributed by atoms with van der Waals surface area (Å²) in [6.07, 6.45) is 8.82. The number of carbonyl (C=O) groups excluding carboxylic acids is 6. The number of hydrogen-bond acceptors (Lipinski definition) is 13. The average Bonchev–Trinajstić information content (AvgIpc) is 3.92. The number of nitrogens with zero attached hydrogens (tertiary/aromatic N) is 8. The van der Waals surface area contributed by atoms with E-state index in [4.69, 9.17) is 4.74 Å². The first kappa shape index (κ1) is 44.0. The van der Waals surface area contributed by atoms with E-state index in [1.807, 2.05) is 11.0 Å². The van der Waals surface area contributed by atoms with Crippen LogP contribution in [0.5, 0.6) is 5.75 Å². The molecule has 1 unspecified atom stereocenters. The molecule has 0 radical (unpaired) electrons. The zero-order valence-corrected chi connectivity index (χ0v) is 36.7. The average molecular weight is 897 g/mol. The van der Waals surface area contributed by atoms with Gasteiger partial charge in [-0.05, 0) is 93.8 Å². The monoisotopic (exact) mass is 896 g/mol. The lowest BCUT2D eigenvalue weighted by Gasteiger charge is -2.37. The number of amides is 6. The second-order valence-electron chi connectivity index (χ2n) is 18.0. The summed E-state index contributed by atoms with van der Waals surface area (Å²) in [4.78, 5) is 96.0. The number of ether oxygens (including phenoxy) is 1. The molecule has 4 fully saturated rings. The largest absolute Gasteiger partial charge is 0.495 e. The normalized spacial score (nSPS) is 22.0. The van der Waals surface area contributed by atoms with Gasteiger partial charge in [0.15, 0.2) is 5.82 Å². The third-order valence-electron chi connectivity index (χ3n) is 14.0. The fourth-order valence-corrected chi connectivity index (χ4v) is 10.2. The van der Waals surface area contributed by atoms with Crippen molar-refractivity contribution < 1.29 is 42.3 Å². The Morgan fingerprint density at radius 3 is 2.37 bits per heavy atom. The van der Waals surface area contributed by atoms with Crippen LogP contribution in [0.4, 0.5) is 37.6 Å². The molecule has 1 atom stereocenters. The van der Waals surface area contributed by atoms with Crippen molar-refractivity contribution >= 4 is 64.3 Å². The van der Waals surface area contributed by atoms with E-state index in [1.165, 1.54) is 20.4 Å². The number of fused-ring (bicyclic) bond motifs is 2. The first-order valence-electron chi connectivity index (χ1n) is 22.7. The fraction of sp³-hybridized carbons (Fsp3) is 0.522. The summed E-state index contributed by atoms with van der Waals surface area (Å²) < 4.78 is 35.8. The number of piperidine rings is 2. The van der Waals surface area contributed by atoms with Gasteiger partial charge < -0.3 is 29.7 Å². The van der Waals surface area contributed by atoms with Gasteiger partial charge in [-0.3, -0.25) is 43.9 Å². The quantitative estimate of drug-likeness (QED) is 0.258. The highest BCUT2D eigenvalue weighted by Gasteiger charge is 2.49. The maximum Gasteiger partial charge on any atom is 0.342 e. The molecule has 1 aromatic heterocycles. The van der Waals surface area contributed by atoms with Crippen molar-refractivity contribution in [3.8, 4) is 5.75 Å². The number of piperazine rings is 1. The lowest BCUT2D eigenvalue weighted by atomic mass is 9.91. The lowest BCUT2D eigenvalue weighted by molar-refractivity contribution is -0.140. The number of carbonyl (C=O) groups is 6. The fourth-order valence-electron chi connectivity index (χ4n) is 10.2. The number of nitrogens with one attached hydrogen (secondary N) is 2. The molecule has 17 nitrogen and oxygen atoms in total. The highest BCUT2D eigenvalue weighted by atomic mass is 19.3. The van der Waals surface area contributed by atoms with Gasteiger partial charge >= 0.3 is 5.92 Å². The molecule has 5 aliphatic heterocycles. The Labute approximate surface area is 375 Å². The third kappa shape index (κ3) is 8.69. The lowest BCUT2D eigenvalue weighted by Crippen LogP contribution is -2.54. The maximum absolute atomic E-state index is 15.1. The molecule has 2 N–H and O–H groups in total. The van der Waals surface area contributed by atoms with Gasteiger partial charge in [-0.1, -0.05) is 12.8 Å². The van der Waals surface area contributed by atoms with Gasteiger partial charge in [0.2, 0.25) is 17.8 Å². The van der Waals surface area contributed by atoms with E-state index >= 15 is 8.78 Å². The van der Waals surface area contributed by atoms with Crippen LogP contribution in [0.15, 0.2) is 42.6 Å². The van der Waals surface area contributed by atoms with Gasteiger partial charge in [0.05, 0.1) is 36.7 Å². The number of methoxy groups -OCH3 is 1. The molecule has 1 aliphatic carbocycles. The van der Waals surface area contributed by atoms with E-state index < -0.39 is 48.0 Å². The molecule has 6 amide bonds. The zero-order valence-electron chi connectivity index (χ0n) is 36.7. The Bertz CT molecular complexity index is 2400. The van der Waals surface area contributed by atoms with E-state index in [0.717, 1.165) is 99.6 Å². The number of anilines is 5. The van der Waals surface area contributed by atoms with Gasteiger partial charge in [-0.15, -0.1) is 0 Å². The number of alkyl halides is 2. The zero-order chi connectivity index (χ0) is 45.6. The minimum absolute atomic E-state index is 0.0760. The van der Waals surface area contributed by atoms with Gasteiger partial charge in [0, 0.05) is 70.0 Å². The Morgan fingerprint density at radius 1 is 0.908 bits per heavy atom. The summed E-state index contributed by atoms with van der Waals surface area (Å²) in [5.74, 6) is -5.67. The van der Waals surface area contributed by atoms with Crippen LogP contribution in [0.2, 0.25) is 0 Å². The summed E-state index contributed by atoms with van der Waals surface area (Å²) in [6.45, 7) is 4.78. The Hall–Kier alpha value is -6.24. The number of rotatable bonds is 11. The van der Waals surface area contributed by atoms with Gasteiger partial charge in [0.1, 0.15) is 17.5 Å². The van der Waals surface area contributed by atoms with Crippen LogP contribution < -0.4 is 30.1 Å². The van der Waals surface area contributed by atoms with E-state index in [1.54, 1.807) is 35.2 Å². The number of aromatic nitrogens is 2. The predicted molar refractivity (Wildman–Crippen MR) is 236 cm³/mol. The van der Waals surface area contributed by atoms with Crippen LogP contribution in [0.25, 0.3) is 0 Å². The third-order valence-corrected chi connectivity index (χ3v) is 14.0. The molecule has 9 rings (SSSR count). The van der Waals surface area contributed by atoms with Crippen LogP contribution in [-0.2, 0) is 14.4 Å². The first-order chi connectivity index (χ1) is 31.3. The van der Waals surface area contributed by atoms with Crippen molar-refractivity contribution in [2.45, 2.75) is 82.2 Å². The molecule has 1 saturated carbocycles. The van der Waals surface area contributed by atoms with Gasteiger partial charge in [-0.25, -0.2) is 4.98 Å². The molecule has 6 aliphatic rings. The van der Waals surface area contributed by atoms with E-state index in [2.05, 4.69) is 30.4 Å². The Morgan fingerprint density at radius 2 is 1.65 bits per heavy atom. The molecular weight excluding hydrogens is 843 g/mol. The van der Waals surface area contributed by atoms with Crippen molar-refractivity contribution in [1.29, 1.82) is 0 Å². The number of halogens is 2. The minimum atomic E-state index is -3.58. The van der Waals surface area contributed by atoms with Crippen LogP contribution in [0.1, 0.15) is 95.3 Å². The van der Waals surface area contributed by atoms with Crippen molar-refractivity contribution in [3.63, 3.8) is 0 Å². The predicted octanol–water partition coefficient (Wildman–Crippen LogP) is 4.45. The van der Waals surface area contributed by atoms with Crippen LogP contribution in [0.3, 0.4) is 0 Å². The van der Waals surface area contributed by atoms with Gasteiger partial charge in [-0.2, -0.15) is 13.8 Å². The van der Waals surface area contributed by atoms with E-state index in [9.17, 15) is 28.8 Å². The molecular formula is C46H54F2N10O7. The summed E-state index contributed by atoms with van der Waals surface area (Å²) in [6, 6.07) is 9.23. The van der Waals surface area contributed by atoms with E-state index in [-0.39, 0.29) is 53.4 Å². The smallest absolute Gasteiger partial charge is 0.342 e. The molecule has 19 heteroatoms. The summed E-state index contributed by atoms with van der Waals surface area (Å²) in [7, 11) is 2.82. The number of hydrogen-bond donors (Lipinski definition) is 2. The summed E-state index contributed by atoms with van der Waals surface area (Å²) in [5.41, 5.74) is 2.61. The highest BCUT2D eigenvalue weighted by molar-refractivity contribution is 6.23.